The van der Waals surface area contributed by atoms with E-state index in [4.69, 9.17) is 37.9 Å². The number of ether oxygens (including phenoxy) is 8. The SMILES string of the molecule is COc1cc([C@@H]2OC[C@@H]3[C@H]2CO[C@H]3c2cc(OC)c(OC(C)=O)c(OC)c2)cc(OC)c1OC(C)=O. The third-order valence-corrected chi connectivity index (χ3v) is 6.38. The van der Waals surface area contributed by atoms with E-state index in [2.05, 4.69) is 0 Å². The first-order valence-electron chi connectivity index (χ1n) is 11.4. The highest BCUT2D eigenvalue weighted by Crippen LogP contribution is 2.53. The smallest absolute Gasteiger partial charge is 0.308 e. The van der Waals surface area contributed by atoms with Crippen molar-refractivity contribution < 1.29 is 47.5 Å². The average molecular weight is 503 g/mol. The lowest BCUT2D eigenvalue weighted by molar-refractivity contribution is -0.133. The first-order chi connectivity index (χ1) is 17.3. The second-order valence-electron chi connectivity index (χ2n) is 8.53. The van der Waals surface area contributed by atoms with Crippen LogP contribution in [0.25, 0.3) is 0 Å². The van der Waals surface area contributed by atoms with Crippen LogP contribution in [0.3, 0.4) is 0 Å². The number of fused-ring (bicyclic) bond motifs is 1. The lowest BCUT2D eigenvalue weighted by Gasteiger charge is -2.20. The van der Waals surface area contributed by atoms with Gasteiger partial charge in [-0.3, -0.25) is 9.59 Å². The van der Waals surface area contributed by atoms with Crippen LogP contribution in [0.5, 0.6) is 34.5 Å². The van der Waals surface area contributed by atoms with Gasteiger partial charge in [-0.1, -0.05) is 0 Å². The molecular weight excluding hydrogens is 472 g/mol. The second kappa shape index (κ2) is 10.6. The molecule has 2 fully saturated rings. The monoisotopic (exact) mass is 502 g/mol. The molecule has 2 aliphatic rings. The molecule has 0 amide bonds. The Morgan fingerprint density at radius 3 is 1.19 bits per heavy atom. The first-order valence-corrected chi connectivity index (χ1v) is 11.4. The van der Waals surface area contributed by atoms with Crippen LogP contribution >= 0.6 is 0 Å². The summed E-state index contributed by atoms with van der Waals surface area (Å²) in [4.78, 5) is 23.1. The molecule has 2 aromatic rings. The first kappa shape index (κ1) is 25.6. The number of hydrogen-bond acceptors (Lipinski definition) is 10. The highest BCUT2D eigenvalue weighted by atomic mass is 16.6. The molecule has 0 radical (unpaired) electrons. The fourth-order valence-electron chi connectivity index (χ4n) is 4.85. The molecule has 2 aliphatic heterocycles. The molecule has 0 saturated carbocycles. The third kappa shape index (κ3) is 4.78. The van der Waals surface area contributed by atoms with Crippen LogP contribution < -0.4 is 28.4 Å². The minimum atomic E-state index is -0.478. The van der Waals surface area contributed by atoms with E-state index in [1.807, 2.05) is 0 Å². The van der Waals surface area contributed by atoms with Gasteiger partial charge in [0.15, 0.2) is 23.0 Å². The molecule has 0 spiro atoms. The zero-order valence-electron chi connectivity index (χ0n) is 21.1. The van der Waals surface area contributed by atoms with E-state index in [0.717, 1.165) is 11.1 Å². The molecule has 2 aromatic carbocycles. The highest BCUT2D eigenvalue weighted by Gasteiger charge is 2.48. The van der Waals surface area contributed by atoms with Gasteiger partial charge in [0.2, 0.25) is 11.5 Å². The molecule has 0 aromatic heterocycles. The summed E-state index contributed by atoms with van der Waals surface area (Å²) in [5, 5.41) is 0. The van der Waals surface area contributed by atoms with Crippen molar-refractivity contribution >= 4 is 11.9 Å². The van der Waals surface area contributed by atoms with Gasteiger partial charge in [-0.2, -0.15) is 0 Å². The fraction of sp³-hybridized carbons (Fsp3) is 0.462. The topological polar surface area (TPSA) is 108 Å². The maximum atomic E-state index is 11.6. The molecule has 2 saturated heterocycles. The highest BCUT2D eigenvalue weighted by molar-refractivity contribution is 5.73. The van der Waals surface area contributed by atoms with Crippen molar-refractivity contribution in [1.29, 1.82) is 0 Å². The summed E-state index contributed by atoms with van der Waals surface area (Å²) < 4.78 is 45.0. The Balaban J connectivity index is 1.63. The summed E-state index contributed by atoms with van der Waals surface area (Å²) >= 11 is 0. The Labute approximate surface area is 209 Å². The van der Waals surface area contributed by atoms with Crippen LogP contribution in [0, 0.1) is 11.8 Å². The quantitative estimate of drug-likeness (QED) is 0.392. The zero-order chi connectivity index (χ0) is 26.0. The van der Waals surface area contributed by atoms with Crippen molar-refractivity contribution in [3.05, 3.63) is 35.4 Å². The summed E-state index contributed by atoms with van der Waals surface area (Å²) in [7, 11) is 6.00. The molecule has 194 valence electrons. The Hall–Kier alpha value is -3.50. The van der Waals surface area contributed by atoms with Crippen LogP contribution in [0.15, 0.2) is 24.3 Å². The van der Waals surface area contributed by atoms with E-state index in [1.54, 1.807) is 24.3 Å². The molecule has 4 rings (SSSR count). The molecule has 36 heavy (non-hydrogen) atoms. The maximum absolute atomic E-state index is 11.6. The number of carbonyl (C=O) groups is 2. The number of carbonyl (C=O) groups excluding carboxylic acids is 2. The van der Waals surface area contributed by atoms with Gasteiger partial charge in [0, 0.05) is 25.7 Å². The minimum Gasteiger partial charge on any atom is -0.493 e. The van der Waals surface area contributed by atoms with Crippen molar-refractivity contribution in [3.8, 4) is 34.5 Å². The van der Waals surface area contributed by atoms with Crippen LogP contribution in [-0.2, 0) is 19.1 Å². The number of benzene rings is 2. The van der Waals surface area contributed by atoms with E-state index in [0.29, 0.717) is 36.2 Å². The summed E-state index contributed by atoms with van der Waals surface area (Å²) in [5.41, 5.74) is 1.66. The van der Waals surface area contributed by atoms with Crippen molar-refractivity contribution in [3.63, 3.8) is 0 Å². The molecule has 10 nitrogen and oxygen atoms in total. The number of methoxy groups -OCH3 is 4. The second-order valence-corrected chi connectivity index (χ2v) is 8.53. The van der Waals surface area contributed by atoms with E-state index < -0.39 is 11.9 Å². The van der Waals surface area contributed by atoms with E-state index in [9.17, 15) is 9.59 Å². The molecule has 0 aliphatic carbocycles. The summed E-state index contributed by atoms with van der Waals surface area (Å²) in [6.07, 6.45) is -0.559. The number of esters is 2. The molecule has 0 bridgehead atoms. The molecule has 2 heterocycles. The van der Waals surface area contributed by atoms with E-state index in [-0.39, 0.29) is 35.5 Å². The third-order valence-electron chi connectivity index (χ3n) is 6.38. The van der Waals surface area contributed by atoms with Gasteiger partial charge in [-0.05, 0) is 35.4 Å². The van der Waals surface area contributed by atoms with Gasteiger partial charge >= 0.3 is 11.9 Å². The fourth-order valence-corrected chi connectivity index (χ4v) is 4.85. The number of rotatable bonds is 8. The van der Waals surface area contributed by atoms with E-state index in [1.165, 1.54) is 42.3 Å². The lowest BCUT2D eigenvalue weighted by atomic mass is 9.84. The van der Waals surface area contributed by atoms with Gasteiger partial charge in [-0.15, -0.1) is 0 Å². The number of hydrogen-bond donors (Lipinski definition) is 0. The van der Waals surface area contributed by atoms with Crippen LogP contribution in [0.4, 0.5) is 0 Å². The molecule has 10 heteroatoms. The van der Waals surface area contributed by atoms with Gasteiger partial charge in [-0.25, -0.2) is 0 Å². The minimum absolute atomic E-state index is 0.0501. The van der Waals surface area contributed by atoms with Gasteiger partial charge in [0.1, 0.15) is 0 Å². The standard InChI is InChI=1S/C26H30O10/c1-13(27)35-25-19(29-3)7-15(8-20(25)30-4)23-17-11-34-24(18(17)12-33-23)16-9-21(31-5)26(36-14(2)28)22(10-16)32-6/h7-10,17-18,23-24H,11-12H2,1-6H3/t17-,18-,23+,24+/m1/s1. The van der Waals surface area contributed by atoms with Crippen molar-refractivity contribution in [1.82, 2.24) is 0 Å². The van der Waals surface area contributed by atoms with Crippen molar-refractivity contribution in [2.24, 2.45) is 11.8 Å². The van der Waals surface area contributed by atoms with E-state index >= 15 is 0 Å². The molecule has 4 atom stereocenters. The predicted molar refractivity (Wildman–Crippen MR) is 126 cm³/mol. The average Bonchev–Trinajstić information content (AvgIpc) is 3.46. The Morgan fingerprint density at radius 2 is 0.944 bits per heavy atom. The predicted octanol–water partition coefficient (Wildman–Crippen LogP) is 3.65. The zero-order valence-corrected chi connectivity index (χ0v) is 21.1. The van der Waals surface area contributed by atoms with Gasteiger partial charge in [0.05, 0.1) is 53.9 Å². The van der Waals surface area contributed by atoms with Crippen molar-refractivity contribution in [2.45, 2.75) is 26.1 Å². The van der Waals surface area contributed by atoms with Gasteiger partial charge < -0.3 is 37.9 Å². The lowest BCUT2D eigenvalue weighted by Crippen LogP contribution is -2.15. The van der Waals surface area contributed by atoms with Gasteiger partial charge in [0.25, 0.3) is 0 Å². The summed E-state index contributed by atoms with van der Waals surface area (Å²) in [6, 6.07) is 7.17. The Bertz CT molecular complexity index is 1000. The molecule has 0 N–H and O–H groups in total. The van der Waals surface area contributed by atoms with Crippen LogP contribution in [0.1, 0.15) is 37.2 Å². The largest absolute Gasteiger partial charge is 0.493 e. The summed E-state index contributed by atoms with van der Waals surface area (Å²) in [6.45, 7) is 3.56. The Kier molecular flexibility index (Phi) is 7.56. The van der Waals surface area contributed by atoms with Crippen LogP contribution in [0.2, 0.25) is 0 Å². The normalized spacial score (nSPS) is 22.5. The van der Waals surface area contributed by atoms with Crippen molar-refractivity contribution in [2.75, 3.05) is 41.7 Å². The molecule has 0 unspecified atom stereocenters. The maximum Gasteiger partial charge on any atom is 0.308 e. The Morgan fingerprint density at radius 1 is 0.639 bits per heavy atom. The molecular formula is C26H30O10. The summed E-state index contributed by atoms with van der Waals surface area (Å²) in [5.74, 6) is 1.08. The van der Waals surface area contributed by atoms with Crippen LogP contribution in [-0.4, -0.2) is 53.6 Å².